The quantitative estimate of drug-likeness (QED) is 0.648. The van der Waals surface area contributed by atoms with Crippen LogP contribution < -0.4 is 4.74 Å². The number of ether oxygens (including phenoxy) is 1. The number of hydrogen-bond acceptors (Lipinski definition) is 5. The molecule has 5 nitrogen and oxygen atoms in total. The Labute approximate surface area is 174 Å². The molecule has 1 aromatic heterocycles. The maximum Gasteiger partial charge on any atom is 0.208 e. The lowest BCUT2D eigenvalue weighted by molar-refractivity contribution is -0.141. The summed E-state index contributed by atoms with van der Waals surface area (Å²) in [5.74, 6) is 4.65. The van der Waals surface area contributed by atoms with Gasteiger partial charge in [-0.05, 0) is 80.5 Å². The molecule has 7 heteroatoms. The minimum Gasteiger partial charge on any atom is -0.486 e. The molecule has 4 fully saturated rings. The van der Waals surface area contributed by atoms with Gasteiger partial charge in [0.1, 0.15) is 18.1 Å². The maximum absolute atomic E-state index is 13.1. The van der Waals surface area contributed by atoms with Crippen LogP contribution in [0.3, 0.4) is 0 Å². The molecule has 0 radical (unpaired) electrons. The summed E-state index contributed by atoms with van der Waals surface area (Å²) in [6.45, 7) is 0.304. The molecule has 4 aliphatic carbocycles. The van der Waals surface area contributed by atoms with Crippen molar-refractivity contribution in [3.63, 3.8) is 0 Å². The molecule has 4 bridgehead atoms. The van der Waals surface area contributed by atoms with Gasteiger partial charge in [0.05, 0.1) is 5.75 Å². The fourth-order valence-corrected chi connectivity index (χ4v) is 6.80. The lowest BCUT2D eigenvalue weighted by atomic mass is 9.48. The number of carbonyl (C=O) groups is 1. The van der Waals surface area contributed by atoms with E-state index in [9.17, 15) is 4.79 Å². The standard InChI is InChI=1S/C21H24ClN3O2S/c22-16-1-3-17(4-2-16)27-11-19-23-20(25-24-19)28-12-18(26)21-8-13-5-14(9-21)7-15(6-13)10-21/h1-4,13-15H,5-12H2,(H,23,24,25). The zero-order valence-electron chi connectivity index (χ0n) is 15.7. The Balaban J connectivity index is 1.15. The van der Waals surface area contributed by atoms with Gasteiger partial charge in [-0.15, -0.1) is 5.10 Å². The molecule has 28 heavy (non-hydrogen) atoms. The third-order valence-electron chi connectivity index (χ3n) is 6.66. The number of hydrogen-bond donors (Lipinski definition) is 1. The summed E-state index contributed by atoms with van der Waals surface area (Å²) in [6, 6.07) is 7.21. The molecular weight excluding hydrogens is 394 g/mol. The van der Waals surface area contributed by atoms with Crippen molar-refractivity contribution in [3.8, 4) is 5.75 Å². The van der Waals surface area contributed by atoms with Crippen LogP contribution in [0.25, 0.3) is 0 Å². The first-order chi connectivity index (χ1) is 13.6. The van der Waals surface area contributed by atoms with Gasteiger partial charge >= 0.3 is 0 Å². The van der Waals surface area contributed by atoms with Crippen LogP contribution in [-0.2, 0) is 11.4 Å². The van der Waals surface area contributed by atoms with Crippen molar-refractivity contribution in [1.82, 2.24) is 15.2 Å². The number of Topliss-reactive ketones (excluding diaryl/α,β-unsaturated/α-hetero) is 1. The van der Waals surface area contributed by atoms with Crippen molar-refractivity contribution >= 4 is 29.1 Å². The molecular formula is C21H24ClN3O2S. The molecule has 2 aromatic rings. The number of thioether (sulfide) groups is 1. The Morgan fingerprint density at radius 1 is 1.14 bits per heavy atom. The van der Waals surface area contributed by atoms with Gasteiger partial charge in [0.15, 0.2) is 5.82 Å². The maximum atomic E-state index is 13.1. The highest BCUT2D eigenvalue weighted by atomic mass is 35.5. The summed E-state index contributed by atoms with van der Waals surface area (Å²) < 4.78 is 5.68. The molecule has 1 aromatic carbocycles. The zero-order valence-corrected chi connectivity index (χ0v) is 17.3. The summed E-state index contributed by atoms with van der Waals surface area (Å²) in [5, 5.41) is 8.43. The topological polar surface area (TPSA) is 67.9 Å². The number of ketones is 1. The number of carbonyl (C=O) groups excluding carboxylic acids is 1. The van der Waals surface area contributed by atoms with E-state index in [1.54, 1.807) is 12.1 Å². The first-order valence-electron chi connectivity index (χ1n) is 10.0. The van der Waals surface area contributed by atoms with Gasteiger partial charge in [0.25, 0.3) is 0 Å². The Hall–Kier alpha value is -1.53. The average Bonchev–Trinajstić information content (AvgIpc) is 3.12. The van der Waals surface area contributed by atoms with Gasteiger partial charge in [-0.1, -0.05) is 23.4 Å². The normalized spacial score (nSPS) is 30.5. The van der Waals surface area contributed by atoms with Gasteiger partial charge in [0.2, 0.25) is 5.16 Å². The van der Waals surface area contributed by atoms with E-state index in [-0.39, 0.29) is 5.41 Å². The number of nitrogens with zero attached hydrogens (tertiary/aromatic N) is 2. The van der Waals surface area contributed by atoms with E-state index < -0.39 is 0 Å². The number of aromatic amines is 1. The van der Waals surface area contributed by atoms with Crippen LogP contribution in [0.15, 0.2) is 29.4 Å². The fourth-order valence-electron chi connectivity index (χ4n) is 5.82. The minimum atomic E-state index is -0.0431. The summed E-state index contributed by atoms with van der Waals surface area (Å²) in [6.07, 6.45) is 7.43. The van der Waals surface area contributed by atoms with E-state index in [1.165, 1.54) is 31.0 Å². The van der Waals surface area contributed by atoms with Gasteiger partial charge < -0.3 is 4.74 Å². The summed E-state index contributed by atoms with van der Waals surface area (Å²) in [4.78, 5) is 17.5. The highest BCUT2D eigenvalue weighted by molar-refractivity contribution is 7.99. The highest BCUT2D eigenvalue weighted by Gasteiger charge is 2.54. The zero-order chi connectivity index (χ0) is 19.1. The number of H-pyrrole nitrogens is 1. The molecule has 1 N–H and O–H groups in total. The van der Waals surface area contributed by atoms with Crippen molar-refractivity contribution in [2.24, 2.45) is 23.2 Å². The number of aromatic nitrogens is 3. The molecule has 4 aliphatic rings. The molecule has 148 valence electrons. The molecule has 0 spiro atoms. The van der Waals surface area contributed by atoms with Crippen LogP contribution in [0.5, 0.6) is 5.75 Å². The smallest absolute Gasteiger partial charge is 0.208 e. The lowest BCUT2D eigenvalue weighted by Gasteiger charge is -2.56. The number of rotatable bonds is 7. The van der Waals surface area contributed by atoms with Crippen LogP contribution in [-0.4, -0.2) is 26.7 Å². The monoisotopic (exact) mass is 417 g/mol. The molecule has 0 saturated heterocycles. The Kier molecular flexibility index (Phi) is 4.87. The predicted octanol–water partition coefficient (Wildman–Crippen LogP) is 4.91. The third kappa shape index (κ3) is 3.69. The summed E-state index contributed by atoms with van der Waals surface area (Å²) >= 11 is 7.32. The SMILES string of the molecule is O=C(CSc1n[nH]c(COc2ccc(Cl)cc2)n1)C12CC3CC(CC(C3)C1)C2. The average molecular weight is 418 g/mol. The summed E-state index contributed by atoms with van der Waals surface area (Å²) in [7, 11) is 0. The van der Waals surface area contributed by atoms with Crippen LogP contribution in [0.2, 0.25) is 5.02 Å². The lowest BCUT2D eigenvalue weighted by Crippen LogP contribution is -2.50. The van der Waals surface area contributed by atoms with Gasteiger partial charge in [0, 0.05) is 10.4 Å². The van der Waals surface area contributed by atoms with Crippen molar-refractivity contribution < 1.29 is 9.53 Å². The summed E-state index contributed by atoms with van der Waals surface area (Å²) in [5.41, 5.74) is -0.0431. The van der Waals surface area contributed by atoms with Crippen LogP contribution in [0.4, 0.5) is 0 Å². The number of benzene rings is 1. The van der Waals surface area contributed by atoms with Crippen LogP contribution >= 0.6 is 23.4 Å². The van der Waals surface area contributed by atoms with Crippen LogP contribution in [0.1, 0.15) is 44.3 Å². The van der Waals surface area contributed by atoms with Crippen molar-refractivity contribution in [1.29, 1.82) is 0 Å². The fraction of sp³-hybridized carbons (Fsp3) is 0.571. The molecule has 1 heterocycles. The van der Waals surface area contributed by atoms with E-state index in [0.29, 0.717) is 34.1 Å². The molecule has 0 amide bonds. The third-order valence-corrected chi connectivity index (χ3v) is 7.76. The Morgan fingerprint density at radius 3 is 2.43 bits per heavy atom. The van der Waals surface area contributed by atoms with E-state index >= 15 is 0 Å². The highest BCUT2D eigenvalue weighted by Crippen LogP contribution is 2.60. The van der Waals surface area contributed by atoms with E-state index in [0.717, 1.165) is 42.8 Å². The second-order valence-electron chi connectivity index (χ2n) is 8.72. The Morgan fingerprint density at radius 2 is 1.79 bits per heavy atom. The van der Waals surface area contributed by atoms with Crippen molar-refractivity contribution in [2.75, 3.05) is 5.75 Å². The first kappa shape index (κ1) is 18.5. The molecule has 0 atom stereocenters. The molecule has 0 unspecified atom stereocenters. The van der Waals surface area contributed by atoms with Crippen molar-refractivity contribution in [3.05, 3.63) is 35.1 Å². The first-order valence-corrected chi connectivity index (χ1v) is 11.4. The van der Waals surface area contributed by atoms with Crippen molar-refractivity contribution in [2.45, 2.75) is 50.3 Å². The van der Waals surface area contributed by atoms with Gasteiger partial charge in [-0.25, -0.2) is 4.98 Å². The molecule has 6 rings (SSSR count). The predicted molar refractivity (Wildman–Crippen MR) is 109 cm³/mol. The second-order valence-corrected chi connectivity index (χ2v) is 10.1. The van der Waals surface area contributed by atoms with E-state index in [2.05, 4.69) is 15.2 Å². The van der Waals surface area contributed by atoms with Crippen LogP contribution in [0, 0.1) is 23.2 Å². The largest absolute Gasteiger partial charge is 0.486 e. The number of nitrogens with one attached hydrogen (secondary N) is 1. The minimum absolute atomic E-state index is 0.0431. The van der Waals surface area contributed by atoms with Gasteiger partial charge in [-0.3, -0.25) is 9.89 Å². The number of halogens is 1. The second kappa shape index (κ2) is 7.38. The van der Waals surface area contributed by atoms with E-state index in [4.69, 9.17) is 16.3 Å². The Bertz CT molecular complexity index is 832. The van der Waals surface area contributed by atoms with E-state index in [1.807, 2.05) is 12.1 Å². The molecule has 0 aliphatic heterocycles. The van der Waals surface area contributed by atoms with Gasteiger partial charge in [-0.2, -0.15) is 0 Å². The molecule has 4 saturated carbocycles.